The van der Waals surface area contributed by atoms with E-state index < -0.39 is 65.9 Å². The van der Waals surface area contributed by atoms with E-state index in [-0.39, 0.29) is 49.2 Å². The standard InChI is InChI=1S/8ClH.8H2N.4Pt/h8*1H;8*1H2;;;;/q;;;;;;;;8*-1;4*+4/p-8. The van der Waals surface area contributed by atoms with E-state index >= 15 is 0 Å². The molecule has 0 bridgehead atoms. The van der Waals surface area contributed by atoms with Crippen LogP contribution in [-0.4, -0.2) is 0 Å². The van der Waals surface area contributed by atoms with Gasteiger partial charge in [0.2, 0.25) is 0 Å². The van der Waals surface area contributed by atoms with E-state index in [0.717, 1.165) is 0 Å². The molecule has 0 aliphatic heterocycles. The van der Waals surface area contributed by atoms with Gasteiger partial charge in [-0.2, -0.15) is 0 Å². The Morgan fingerprint density at radius 3 is 0.250 bits per heavy atom. The molecule has 0 unspecified atom stereocenters. The van der Waals surface area contributed by atoms with Crippen LogP contribution in [0.4, 0.5) is 0 Å². The van der Waals surface area contributed by atoms with Crippen LogP contribution in [-0.2, 0) is 65.9 Å². The van der Waals surface area contributed by atoms with Crippen molar-refractivity contribution in [3.8, 4) is 0 Å². The maximum Gasteiger partial charge on any atom is -0.693 e. The molecule has 0 spiro atoms. The first-order chi connectivity index (χ1) is 5.66. The summed E-state index contributed by atoms with van der Waals surface area (Å²) in [5.41, 5.74) is 0. The van der Waals surface area contributed by atoms with Crippen LogP contribution >= 0.6 is 75.3 Å². The molecule has 0 aromatic rings. The Morgan fingerprint density at radius 2 is 0.250 bits per heavy atom. The van der Waals surface area contributed by atoms with Crippen molar-refractivity contribution < 1.29 is 65.9 Å². The van der Waals surface area contributed by atoms with Crippen molar-refractivity contribution in [2.75, 3.05) is 0 Å². The predicted molar refractivity (Wildman–Crippen MR) is 89.1 cm³/mol. The molecule has 0 rings (SSSR count). The van der Waals surface area contributed by atoms with Gasteiger partial charge in [0, 0.05) is 0 Å². The zero-order valence-corrected chi connectivity index (χ0v) is 24.0. The molecule has 0 heterocycles. The second-order valence-electron chi connectivity index (χ2n) is 0.181. The molecule has 0 aliphatic rings. The summed E-state index contributed by atoms with van der Waals surface area (Å²) in [6.07, 6.45) is 0. The zero-order chi connectivity index (χ0) is 10.8. The summed E-state index contributed by atoms with van der Waals surface area (Å²) in [5.74, 6) is 0. The van der Waals surface area contributed by atoms with Gasteiger partial charge >= 0.3 is 141 Å². The molecule has 0 saturated heterocycles. The molecule has 8 nitrogen and oxygen atoms in total. The molecule has 20 heteroatoms. The van der Waals surface area contributed by atoms with Crippen molar-refractivity contribution in [1.29, 1.82) is 0 Å². The van der Waals surface area contributed by atoms with Crippen molar-refractivity contribution in [2.24, 2.45) is 0 Å². The van der Waals surface area contributed by atoms with E-state index in [0.29, 0.717) is 0 Å². The van der Waals surface area contributed by atoms with Crippen molar-refractivity contribution in [3.05, 3.63) is 49.2 Å². The Bertz CT molecular complexity index is 38.4. The first kappa shape index (κ1) is 85.9. The SMILES string of the molecule is [Cl][Pt+2][Cl].[Cl][Pt+2][Cl].[Cl][Pt+2][Cl].[Cl][Pt+2][Cl].[NH2-].[NH2-].[NH2-].[NH2-].[NH2-].[NH2-].[NH2-].[NH2-]. The first-order valence-corrected chi connectivity index (χ1v) is 23.5. The third-order valence-corrected chi connectivity index (χ3v) is 0. The van der Waals surface area contributed by atoms with Crippen LogP contribution in [0, 0.1) is 0 Å². The molecular weight excluding hydrogens is 1180 g/mol. The molecule has 0 aromatic carbocycles. The minimum absolute atomic E-state index is 0. The van der Waals surface area contributed by atoms with Crippen LogP contribution in [0.3, 0.4) is 0 Å². The molecule has 20 heavy (non-hydrogen) atoms. The largest absolute Gasteiger partial charge is 0.693 e. The fourth-order valence-electron chi connectivity index (χ4n) is 0. The molecule has 152 valence electrons. The quantitative estimate of drug-likeness (QED) is 0.219. The van der Waals surface area contributed by atoms with Gasteiger partial charge in [-0.25, -0.2) is 0 Å². The number of hydrogen-bond donors (Lipinski definition) is 0. The van der Waals surface area contributed by atoms with Crippen LogP contribution in [0.25, 0.3) is 49.2 Å². The number of rotatable bonds is 0. The molecule has 0 amide bonds. The summed E-state index contributed by atoms with van der Waals surface area (Å²) in [6.45, 7) is 0. The smallest absolute Gasteiger partial charge is 0.693 e. The maximum atomic E-state index is 4.88. The molecule has 0 saturated carbocycles. The monoisotopic (exact) mass is 1190 g/mol. The molecule has 0 aromatic heterocycles. The topological polar surface area (TPSA) is 268 Å². The summed E-state index contributed by atoms with van der Waals surface area (Å²) in [6, 6.07) is 0. The van der Waals surface area contributed by atoms with Crippen LogP contribution in [0.1, 0.15) is 0 Å². The molecular formula is H16Cl8N8Pt4. The zero-order valence-electron chi connectivity index (χ0n) is 8.91. The van der Waals surface area contributed by atoms with Gasteiger partial charge in [-0.15, -0.1) is 0 Å². The van der Waals surface area contributed by atoms with Gasteiger partial charge in [-0.3, -0.25) is 0 Å². The molecule has 0 atom stereocenters. The summed E-state index contributed by atoms with van der Waals surface area (Å²) in [7, 11) is 39.0. The van der Waals surface area contributed by atoms with Gasteiger partial charge in [0.1, 0.15) is 0 Å². The van der Waals surface area contributed by atoms with Crippen LogP contribution in [0.5, 0.6) is 0 Å². The van der Waals surface area contributed by atoms with E-state index in [4.69, 9.17) is 75.3 Å². The number of halogens is 8. The van der Waals surface area contributed by atoms with Gasteiger partial charge in [-0.1, -0.05) is 0 Å². The summed E-state index contributed by atoms with van der Waals surface area (Å²) < 4.78 is 0. The Labute approximate surface area is 187 Å². The van der Waals surface area contributed by atoms with Gasteiger partial charge in [0.25, 0.3) is 0 Å². The minimum atomic E-state index is -0.472. The summed E-state index contributed by atoms with van der Waals surface area (Å²) >= 11 is -1.89. The Morgan fingerprint density at radius 1 is 0.250 bits per heavy atom. The van der Waals surface area contributed by atoms with Gasteiger partial charge < -0.3 is 49.2 Å². The number of hydrogen-bond acceptors (Lipinski definition) is 0. The van der Waals surface area contributed by atoms with Crippen molar-refractivity contribution >= 4 is 75.3 Å². The van der Waals surface area contributed by atoms with Crippen LogP contribution in [0.15, 0.2) is 0 Å². The van der Waals surface area contributed by atoms with E-state index in [1.807, 2.05) is 0 Å². The summed E-state index contributed by atoms with van der Waals surface area (Å²) in [5, 5.41) is 0. The molecule has 0 fully saturated rings. The first-order valence-electron chi connectivity index (χ1n) is 0.956. The van der Waals surface area contributed by atoms with E-state index in [9.17, 15) is 0 Å². The van der Waals surface area contributed by atoms with E-state index in [1.54, 1.807) is 0 Å². The average molecular weight is 1190 g/mol. The third-order valence-electron chi connectivity index (χ3n) is 0. The Kier molecular flexibility index (Phi) is 689. The predicted octanol–water partition coefficient (Wildman–Crippen LogP) is 11.2. The molecule has 16 N–H and O–H groups in total. The normalized spacial score (nSPS) is 4.40. The average Bonchev–Trinajstić information content (AvgIpc) is 1.92. The second-order valence-corrected chi connectivity index (χ2v) is 13.3. The number of nitrogens with two attached hydrogens (primary N) is 8. The minimum Gasteiger partial charge on any atom is -0.693 e. The van der Waals surface area contributed by atoms with Crippen LogP contribution < -0.4 is 0 Å². The molecule has 0 radical (unpaired) electrons. The second kappa shape index (κ2) is 160. The van der Waals surface area contributed by atoms with Gasteiger partial charge in [-0.05, 0) is 0 Å². The van der Waals surface area contributed by atoms with Crippen molar-refractivity contribution in [2.45, 2.75) is 0 Å². The Balaban J connectivity index is -0.00000000376. The fourth-order valence-corrected chi connectivity index (χ4v) is 0. The van der Waals surface area contributed by atoms with Gasteiger partial charge in [0.05, 0.1) is 0 Å². The maximum absolute atomic E-state index is 4.88. The van der Waals surface area contributed by atoms with E-state index in [1.165, 1.54) is 0 Å². The third kappa shape index (κ3) is 477. The Hall–Kier alpha value is 4.75. The summed E-state index contributed by atoms with van der Waals surface area (Å²) in [4.78, 5) is 0. The molecule has 0 aliphatic carbocycles. The van der Waals surface area contributed by atoms with Gasteiger partial charge in [0.15, 0.2) is 0 Å². The van der Waals surface area contributed by atoms with Crippen LogP contribution in [0.2, 0.25) is 0 Å². The van der Waals surface area contributed by atoms with Crippen molar-refractivity contribution in [1.82, 2.24) is 0 Å². The fraction of sp³-hybridized carbons (Fsp3) is 0. The van der Waals surface area contributed by atoms with Crippen molar-refractivity contribution in [3.63, 3.8) is 0 Å². The van der Waals surface area contributed by atoms with E-state index in [2.05, 4.69) is 0 Å².